The normalized spacial score (nSPS) is 24.5. The van der Waals surface area contributed by atoms with E-state index in [-0.39, 0.29) is 32.7 Å². The van der Waals surface area contributed by atoms with Crippen LogP contribution in [0.4, 0.5) is 0 Å². The van der Waals surface area contributed by atoms with Gasteiger partial charge in [-0.2, -0.15) is 0 Å². The molecule has 0 nitrogen and oxygen atoms in total. The fourth-order valence-corrected chi connectivity index (χ4v) is 2.81. The molecule has 0 bridgehead atoms. The molecule has 130 valence electrons. The molecule has 0 aromatic rings. The Kier molecular flexibility index (Phi) is 14.2. The zero-order chi connectivity index (χ0) is 18.5. The molecule has 0 aromatic carbocycles. The van der Waals surface area contributed by atoms with Crippen molar-refractivity contribution in [3.63, 3.8) is 0 Å². The summed E-state index contributed by atoms with van der Waals surface area (Å²) in [4.78, 5) is 0. The number of hydrogen-bond donors (Lipinski definition) is 0. The van der Waals surface area contributed by atoms with E-state index in [9.17, 15) is 0 Å². The van der Waals surface area contributed by atoms with Crippen LogP contribution in [0.5, 0.6) is 0 Å². The molecule has 0 amide bonds. The second kappa shape index (κ2) is 12.5. The summed E-state index contributed by atoms with van der Waals surface area (Å²) in [5, 5.41) is 0. The van der Waals surface area contributed by atoms with E-state index in [0.29, 0.717) is 0 Å². The largest absolute Gasteiger partial charge is 0.0579 e. The van der Waals surface area contributed by atoms with Crippen molar-refractivity contribution in [2.24, 2.45) is 0 Å². The minimum absolute atomic E-state index is 0. The van der Waals surface area contributed by atoms with Gasteiger partial charge in [0.25, 0.3) is 0 Å². The standard InChI is InChI=1S/2C10H15.C3H5.Y/c2*1-6-7(2)9(4)10(5)8(6)3;1-3-2;/h2*1-5H3;3H,1-2H2;. The molecule has 0 N–H and O–H groups in total. The maximum absolute atomic E-state index is 3.25. The predicted molar refractivity (Wildman–Crippen MR) is 104 cm³/mol. The van der Waals surface area contributed by atoms with E-state index in [4.69, 9.17) is 0 Å². The van der Waals surface area contributed by atoms with Crippen LogP contribution in [0, 0.1) is 79.4 Å². The van der Waals surface area contributed by atoms with Gasteiger partial charge in [0.2, 0.25) is 0 Å². The minimum Gasteiger partial charge on any atom is -0.0579 e. The van der Waals surface area contributed by atoms with Crippen LogP contribution in [-0.2, 0) is 32.7 Å². The van der Waals surface area contributed by atoms with Gasteiger partial charge < -0.3 is 0 Å². The van der Waals surface area contributed by atoms with E-state index < -0.39 is 0 Å². The first-order valence-corrected chi connectivity index (χ1v) is 8.32. The molecule has 2 aliphatic carbocycles. The van der Waals surface area contributed by atoms with E-state index in [1.165, 1.54) is 65.6 Å². The van der Waals surface area contributed by atoms with Gasteiger partial charge in [-0.25, -0.2) is 0 Å². The van der Waals surface area contributed by atoms with Crippen molar-refractivity contribution in [2.45, 2.75) is 69.2 Å². The third-order valence-electron chi connectivity index (χ3n) is 5.62. The van der Waals surface area contributed by atoms with Crippen LogP contribution < -0.4 is 0 Å². The molecule has 24 heavy (non-hydrogen) atoms. The van der Waals surface area contributed by atoms with E-state index in [1.807, 2.05) is 0 Å². The zero-order valence-electron chi connectivity index (χ0n) is 17.6. The van der Waals surface area contributed by atoms with Crippen molar-refractivity contribution in [2.75, 3.05) is 0 Å². The Morgan fingerprint density at radius 3 is 0.458 bits per heavy atom. The third-order valence-corrected chi connectivity index (χ3v) is 5.62. The van der Waals surface area contributed by atoms with Crippen molar-refractivity contribution in [1.82, 2.24) is 0 Å². The molecule has 0 atom stereocenters. The van der Waals surface area contributed by atoms with Crippen LogP contribution in [0.3, 0.4) is 0 Å². The fourth-order valence-electron chi connectivity index (χ4n) is 2.81. The molecule has 0 aliphatic heterocycles. The summed E-state index contributed by atoms with van der Waals surface area (Å²) in [7, 11) is 0. The van der Waals surface area contributed by atoms with Gasteiger partial charge in [-0.05, 0) is 79.4 Å². The molecule has 0 spiro atoms. The topological polar surface area (TPSA) is 0 Å². The maximum atomic E-state index is 3.25. The van der Waals surface area contributed by atoms with E-state index >= 15 is 0 Å². The third kappa shape index (κ3) is 6.68. The number of hydrogen-bond acceptors (Lipinski definition) is 0. The Bertz CT molecular complexity index is 193. The van der Waals surface area contributed by atoms with Crippen molar-refractivity contribution in [3.8, 4) is 0 Å². The minimum atomic E-state index is 0. The van der Waals surface area contributed by atoms with Crippen LogP contribution in [-0.4, -0.2) is 0 Å². The van der Waals surface area contributed by atoms with Gasteiger partial charge in [0.15, 0.2) is 0 Å². The second-order valence-electron chi connectivity index (χ2n) is 6.54. The SMILES string of the molecule is C[C]1[C](C)[C](C)[C](C)[C]1C.C[C]1[C](C)[C](C)[C](C)[C]1C.[CH2][CH][CH2].[Y]. The van der Waals surface area contributed by atoms with E-state index in [1.54, 1.807) is 0 Å². The van der Waals surface area contributed by atoms with E-state index in [2.05, 4.69) is 83.1 Å². The van der Waals surface area contributed by atoms with Crippen molar-refractivity contribution in [3.05, 3.63) is 79.4 Å². The Hall–Kier alpha value is 1.10. The van der Waals surface area contributed by atoms with Gasteiger partial charge in [0, 0.05) is 32.7 Å². The molecule has 1 heteroatoms. The van der Waals surface area contributed by atoms with Gasteiger partial charge in [0.05, 0.1) is 0 Å². The Morgan fingerprint density at radius 1 is 0.375 bits per heavy atom. The average Bonchev–Trinajstić information content (AvgIpc) is 2.80. The van der Waals surface area contributed by atoms with Crippen molar-refractivity contribution >= 4 is 0 Å². The van der Waals surface area contributed by atoms with Crippen LogP contribution >= 0.6 is 0 Å². The van der Waals surface area contributed by atoms with E-state index in [0.717, 1.165) is 0 Å². The van der Waals surface area contributed by atoms with Gasteiger partial charge >= 0.3 is 0 Å². The van der Waals surface area contributed by atoms with Crippen LogP contribution in [0.25, 0.3) is 0 Å². The molecule has 0 heterocycles. The molecule has 0 saturated heterocycles. The van der Waals surface area contributed by atoms with Crippen LogP contribution in [0.15, 0.2) is 0 Å². The van der Waals surface area contributed by atoms with Crippen molar-refractivity contribution in [1.29, 1.82) is 0 Å². The Morgan fingerprint density at radius 2 is 0.417 bits per heavy atom. The summed E-state index contributed by atoms with van der Waals surface area (Å²) in [6.07, 6.45) is 1.50. The smallest absolute Gasteiger partial charge is 0 e. The van der Waals surface area contributed by atoms with Gasteiger partial charge in [-0.3, -0.25) is 0 Å². The monoisotopic (exact) mass is 400 g/mol. The van der Waals surface area contributed by atoms with Gasteiger partial charge in [-0.15, -0.1) is 0 Å². The fraction of sp³-hybridized carbons (Fsp3) is 0.435. The summed E-state index contributed by atoms with van der Waals surface area (Å²) in [5.41, 5.74) is 0. The maximum Gasteiger partial charge on any atom is 0 e. The molecule has 2 rings (SSSR count). The van der Waals surface area contributed by atoms with Gasteiger partial charge in [-0.1, -0.05) is 69.2 Å². The summed E-state index contributed by atoms with van der Waals surface area (Å²) >= 11 is 0. The Labute approximate surface area is 180 Å². The molecular formula is C23H35Y. The van der Waals surface area contributed by atoms with Crippen LogP contribution in [0.1, 0.15) is 69.2 Å². The molecule has 0 aromatic heterocycles. The van der Waals surface area contributed by atoms with Gasteiger partial charge in [0.1, 0.15) is 0 Å². The molecule has 2 aliphatic rings. The zero-order valence-corrected chi connectivity index (χ0v) is 20.4. The predicted octanol–water partition coefficient (Wildman–Crippen LogP) is 6.80. The second-order valence-corrected chi connectivity index (χ2v) is 6.54. The first-order chi connectivity index (χ1) is 10.5. The first-order valence-electron chi connectivity index (χ1n) is 8.32. The quantitative estimate of drug-likeness (QED) is 0.419. The summed E-state index contributed by atoms with van der Waals surface area (Å²) in [5.74, 6) is 14.7. The Balaban J connectivity index is 0. The molecule has 0 unspecified atom stereocenters. The summed E-state index contributed by atoms with van der Waals surface area (Å²) in [6.45, 7) is 28.5. The number of rotatable bonds is 0. The van der Waals surface area contributed by atoms with Crippen molar-refractivity contribution < 1.29 is 32.7 Å². The van der Waals surface area contributed by atoms with Crippen LogP contribution in [0.2, 0.25) is 0 Å². The molecular weight excluding hydrogens is 365 g/mol. The molecule has 14 radical (unpaired) electrons. The average molecular weight is 400 g/mol. The first kappa shape index (κ1) is 27.3. The summed E-state index contributed by atoms with van der Waals surface area (Å²) < 4.78 is 0. The summed E-state index contributed by atoms with van der Waals surface area (Å²) in [6, 6.07) is 0. The molecule has 2 saturated carbocycles. The molecule has 2 fully saturated rings.